The second-order valence-electron chi connectivity index (χ2n) is 5.82. The first-order valence-electron chi connectivity index (χ1n) is 8.04. The number of anilines is 1. The van der Waals surface area contributed by atoms with E-state index < -0.39 is 10.0 Å². The molecule has 1 amide bonds. The number of rotatable bonds is 6. The number of hydrogen-bond acceptors (Lipinski definition) is 4. The van der Waals surface area contributed by atoms with Gasteiger partial charge in [0.15, 0.2) is 0 Å². The van der Waals surface area contributed by atoms with Crippen molar-refractivity contribution in [3.63, 3.8) is 0 Å². The summed E-state index contributed by atoms with van der Waals surface area (Å²) in [6.45, 7) is 1.45. The van der Waals surface area contributed by atoms with Gasteiger partial charge in [0.2, 0.25) is 15.9 Å². The summed E-state index contributed by atoms with van der Waals surface area (Å²) in [5, 5.41) is 6.90. The van der Waals surface area contributed by atoms with Gasteiger partial charge in [-0.1, -0.05) is 11.6 Å². The van der Waals surface area contributed by atoms with Gasteiger partial charge in [-0.25, -0.2) is 8.42 Å². The number of carbonyl (C=O) groups excluding carboxylic acids is 1. The maximum absolute atomic E-state index is 12.7. The van der Waals surface area contributed by atoms with Crippen molar-refractivity contribution >= 4 is 33.2 Å². The number of hydrogen-bond donors (Lipinski definition) is 1. The molecule has 0 spiro atoms. The van der Waals surface area contributed by atoms with Gasteiger partial charge >= 0.3 is 0 Å². The van der Waals surface area contributed by atoms with Crippen LogP contribution in [0.3, 0.4) is 0 Å². The number of benzene rings is 1. The highest BCUT2D eigenvalue weighted by atomic mass is 35.5. The summed E-state index contributed by atoms with van der Waals surface area (Å²) in [4.78, 5) is 12.1. The summed E-state index contributed by atoms with van der Waals surface area (Å²) in [5.41, 5.74) is 0.410. The van der Waals surface area contributed by atoms with Gasteiger partial charge in [-0.3, -0.25) is 9.48 Å². The molecule has 0 unspecified atom stereocenters. The lowest BCUT2D eigenvalue weighted by Gasteiger charge is -2.17. The average Bonchev–Trinajstić information content (AvgIpc) is 3.28. The number of aromatic nitrogens is 2. The molecule has 1 N–H and O–H groups in total. The van der Waals surface area contributed by atoms with Gasteiger partial charge in [-0.05, 0) is 37.1 Å². The molecule has 9 heteroatoms. The number of sulfonamides is 1. The lowest BCUT2D eigenvalue weighted by atomic mass is 10.3. The van der Waals surface area contributed by atoms with Crippen molar-refractivity contribution in [1.29, 1.82) is 0 Å². The zero-order valence-corrected chi connectivity index (χ0v) is 15.1. The number of halogens is 1. The highest BCUT2D eigenvalue weighted by Gasteiger charge is 2.29. The van der Waals surface area contributed by atoms with Crippen LogP contribution in [0.25, 0.3) is 0 Å². The molecule has 0 atom stereocenters. The third-order valence-electron chi connectivity index (χ3n) is 4.02. The predicted molar refractivity (Wildman–Crippen MR) is 94.9 cm³/mol. The number of aryl methyl sites for hydroxylation is 1. The molecule has 1 fully saturated rings. The zero-order valence-electron chi connectivity index (χ0n) is 13.6. The van der Waals surface area contributed by atoms with Crippen molar-refractivity contribution in [2.75, 3.05) is 18.4 Å². The standard InChI is InChI=1S/C16H19ClN4O3S/c17-14-5-4-13(19-16(22)6-11-20-8-3-7-18-20)12-15(14)25(23,24)21-9-1-2-10-21/h3-5,7-8,12H,1-2,6,9-11H2,(H,19,22). The van der Waals surface area contributed by atoms with Crippen molar-refractivity contribution in [2.45, 2.75) is 30.7 Å². The van der Waals surface area contributed by atoms with Gasteiger partial charge in [-0.15, -0.1) is 0 Å². The molecule has 1 aliphatic rings. The van der Waals surface area contributed by atoms with Crippen LogP contribution in [0.5, 0.6) is 0 Å². The quantitative estimate of drug-likeness (QED) is 0.831. The molecule has 1 aromatic carbocycles. The fraction of sp³-hybridized carbons (Fsp3) is 0.375. The molecule has 3 rings (SSSR count). The molecule has 25 heavy (non-hydrogen) atoms. The number of nitrogens with zero attached hydrogens (tertiary/aromatic N) is 3. The molecule has 0 saturated carbocycles. The molecule has 1 aliphatic heterocycles. The fourth-order valence-electron chi connectivity index (χ4n) is 2.72. The molecular formula is C16H19ClN4O3S. The van der Waals surface area contributed by atoms with E-state index in [1.807, 2.05) is 0 Å². The van der Waals surface area contributed by atoms with Gasteiger partial charge in [0.05, 0.1) is 5.02 Å². The van der Waals surface area contributed by atoms with Gasteiger partial charge in [-0.2, -0.15) is 9.40 Å². The predicted octanol–water partition coefficient (Wildman–Crippen LogP) is 2.35. The molecule has 0 bridgehead atoms. The van der Waals surface area contributed by atoms with Crippen LogP contribution in [0, 0.1) is 0 Å². The third-order valence-corrected chi connectivity index (χ3v) is 6.41. The Kier molecular flexibility index (Phi) is 5.41. The largest absolute Gasteiger partial charge is 0.326 e. The molecule has 0 aliphatic carbocycles. The lowest BCUT2D eigenvalue weighted by Crippen LogP contribution is -2.28. The van der Waals surface area contributed by atoms with E-state index in [9.17, 15) is 13.2 Å². The van der Waals surface area contributed by atoms with Crippen LogP contribution in [-0.2, 0) is 21.4 Å². The summed E-state index contributed by atoms with van der Waals surface area (Å²) in [6, 6.07) is 6.29. The molecule has 2 aromatic rings. The van der Waals surface area contributed by atoms with Gasteiger partial charge in [0, 0.05) is 44.1 Å². The van der Waals surface area contributed by atoms with Crippen molar-refractivity contribution in [1.82, 2.24) is 14.1 Å². The van der Waals surface area contributed by atoms with E-state index in [0.29, 0.717) is 25.3 Å². The van der Waals surface area contributed by atoms with Crippen molar-refractivity contribution in [3.05, 3.63) is 41.7 Å². The van der Waals surface area contributed by atoms with Crippen LogP contribution in [0.4, 0.5) is 5.69 Å². The highest BCUT2D eigenvalue weighted by molar-refractivity contribution is 7.89. The van der Waals surface area contributed by atoms with Crippen LogP contribution in [0.1, 0.15) is 19.3 Å². The minimum Gasteiger partial charge on any atom is -0.326 e. The Morgan fingerprint density at radius 1 is 1.28 bits per heavy atom. The average molecular weight is 383 g/mol. The molecular weight excluding hydrogens is 364 g/mol. The van der Waals surface area contributed by atoms with Crippen molar-refractivity contribution < 1.29 is 13.2 Å². The molecule has 1 saturated heterocycles. The van der Waals surface area contributed by atoms with Crippen molar-refractivity contribution in [2.24, 2.45) is 0 Å². The van der Waals surface area contributed by atoms with E-state index >= 15 is 0 Å². The molecule has 7 nitrogen and oxygen atoms in total. The maximum Gasteiger partial charge on any atom is 0.244 e. The topological polar surface area (TPSA) is 84.3 Å². The normalized spacial score (nSPS) is 15.4. The number of nitrogens with one attached hydrogen (secondary N) is 1. The van der Waals surface area contributed by atoms with E-state index in [2.05, 4.69) is 10.4 Å². The van der Waals surface area contributed by atoms with Crippen molar-refractivity contribution in [3.8, 4) is 0 Å². The number of amides is 1. The van der Waals surface area contributed by atoms with Crippen LogP contribution >= 0.6 is 11.6 Å². The minimum absolute atomic E-state index is 0.0287. The summed E-state index contributed by atoms with van der Waals surface area (Å²) in [6.07, 6.45) is 5.35. The third kappa shape index (κ3) is 4.20. The lowest BCUT2D eigenvalue weighted by molar-refractivity contribution is -0.116. The zero-order chi connectivity index (χ0) is 17.9. The fourth-order valence-corrected chi connectivity index (χ4v) is 4.74. The van der Waals surface area contributed by atoms with Crippen LogP contribution in [-0.4, -0.2) is 41.5 Å². The molecule has 2 heterocycles. The van der Waals surface area contributed by atoms with E-state index in [1.54, 1.807) is 29.2 Å². The minimum atomic E-state index is -3.64. The molecule has 0 radical (unpaired) electrons. The first-order chi connectivity index (χ1) is 12.0. The highest BCUT2D eigenvalue weighted by Crippen LogP contribution is 2.29. The Bertz CT molecular complexity index is 846. The van der Waals surface area contributed by atoms with Crippen LogP contribution < -0.4 is 5.32 Å². The smallest absolute Gasteiger partial charge is 0.244 e. The second-order valence-corrected chi connectivity index (χ2v) is 8.14. The van der Waals surface area contributed by atoms with E-state index in [0.717, 1.165) is 12.8 Å². The summed E-state index contributed by atoms with van der Waals surface area (Å²) in [5.74, 6) is -0.220. The first kappa shape index (κ1) is 17.9. The Morgan fingerprint density at radius 3 is 2.72 bits per heavy atom. The van der Waals surface area contributed by atoms with Crippen LogP contribution in [0.2, 0.25) is 5.02 Å². The Hall–Kier alpha value is -1.90. The van der Waals surface area contributed by atoms with Gasteiger partial charge in [0.1, 0.15) is 4.90 Å². The number of carbonyl (C=O) groups is 1. The molecule has 1 aromatic heterocycles. The molecule has 134 valence electrons. The summed E-state index contributed by atoms with van der Waals surface area (Å²) in [7, 11) is -3.64. The maximum atomic E-state index is 12.7. The first-order valence-corrected chi connectivity index (χ1v) is 9.85. The van der Waals surface area contributed by atoms with E-state index in [4.69, 9.17) is 11.6 Å². The second kappa shape index (κ2) is 7.55. The van der Waals surface area contributed by atoms with Gasteiger partial charge in [0.25, 0.3) is 0 Å². The van der Waals surface area contributed by atoms with Crippen LogP contribution in [0.15, 0.2) is 41.6 Å². The Morgan fingerprint density at radius 2 is 2.04 bits per heavy atom. The SMILES string of the molecule is O=C(CCn1cccn1)Nc1ccc(Cl)c(S(=O)(=O)N2CCCC2)c1. The summed E-state index contributed by atoms with van der Waals surface area (Å²) >= 11 is 6.09. The summed E-state index contributed by atoms with van der Waals surface area (Å²) < 4.78 is 28.5. The monoisotopic (exact) mass is 382 g/mol. The Labute approximate surface area is 151 Å². The van der Waals surface area contributed by atoms with E-state index in [-0.39, 0.29) is 22.2 Å². The Balaban J connectivity index is 1.71. The van der Waals surface area contributed by atoms with Gasteiger partial charge < -0.3 is 5.32 Å². The van der Waals surface area contributed by atoms with E-state index in [1.165, 1.54) is 16.4 Å².